The van der Waals surface area contributed by atoms with Crippen molar-refractivity contribution in [3.63, 3.8) is 0 Å². The third kappa shape index (κ3) is 4.75. The van der Waals surface area contributed by atoms with Crippen molar-refractivity contribution in [3.8, 4) is 11.8 Å². The molecule has 3 heteroatoms. The molecule has 1 unspecified atom stereocenters. The SMILES string of the molecule is CC(C)(C)C1CCN(CCCOc2ccc(C#N)cc2)C1. The standard InChI is InChI=1S/C18H26N2O/c1-18(2,3)16-9-11-20(14-16)10-4-12-21-17-7-5-15(13-19)6-8-17/h5-8,16H,4,9-12,14H2,1-3H3. The molecular weight excluding hydrogens is 260 g/mol. The number of nitriles is 1. The number of benzene rings is 1. The molecule has 0 spiro atoms. The van der Waals surface area contributed by atoms with Gasteiger partial charge in [-0.3, -0.25) is 0 Å². The lowest BCUT2D eigenvalue weighted by atomic mass is 9.80. The van der Waals surface area contributed by atoms with Crippen molar-refractivity contribution in [1.29, 1.82) is 5.26 Å². The number of likely N-dealkylation sites (tertiary alicyclic amines) is 1. The zero-order valence-electron chi connectivity index (χ0n) is 13.4. The topological polar surface area (TPSA) is 36.3 Å². The highest BCUT2D eigenvalue weighted by Crippen LogP contribution is 2.33. The third-order valence-corrected chi connectivity index (χ3v) is 4.37. The van der Waals surface area contributed by atoms with Gasteiger partial charge < -0.3 is 9.64 Å². The molecule has 1 saturated heterocycles. The number of hydrogen-bond donors (Lipinski definition) is 0. The van der Waals surface area contributed by atoms with E-state index in [4.69, 9.17) is 10.00 Å². The van der Waals surface area contributed by atoms with Gasteiger partial charge >= 0.3 is 0 Å². The summed E-state index contributed by atoms with van der Waals surface area (Å²) in [5.41, 5.74) is 1.10. The predicted molar refractivity (Wildman–Crippen MR) is 85.3 cm³/mol. The Kier molecular flexibility index (Phi) is 5.25. The highest BCUT2D eigenvalue weighted by Gasteiger charge is 2.31. The molecule has 0 radical (unpaired) electrons. The molecule has 0 aromatic heterocycles. The fourth-order valence-electron chi connectivity index (χ4n) is 2.85. The maximum atomic E-state index is 8.75. The van der Waals surface area contributed by atoms with E-state index in [1.807, 2.05) is 12.1 Å². The molecule has 0 aliphatic carbocycles. The first-order chi connectivity index (χ1) is 9.99. The number of nitrogens with zero attached hydrogens (tertiary/aromatic N) is 2. The average Bonchev–Trinajstić information content (AvgIpc) is 2.93. The van der Waals surface area contributed by atoms with E-state index in [-0.39, 0.29) is 0 Å². The van der Waals surface area contributed by atoms with Crippen LogP contribution in [0.25, 0.3) is 0 Å². The van der Waals surface area contributed by atoms with Crippen LogP contribution in [-0.4, -0.2) is 31.1 Å². The Morgan fingerprint density at radius 3 is 2.57 bits per heavy atom. The maximum absolute atomic E-state index is 8.75. The first-order valence-electron chi connectivity index (χ1n) is 7.84. The molecule has 1 atom stereocenters. The van der Waals surface area contributed by atoms with Gasteiger partial charge in [0.05, 0.1) is 18.2 Å². The second-order valence-electron chi connectivity index (χ2n) is 6.99. The Balaban J connectivity index is 1.65. The summed E-state index contributed by atoms with van der Waals surface area (Å²) in [6.07, 6.45) is 2.37. The fourth-order valence-corrected chi connectivity index (χ4v) is 2.85. The van der Waals surface area contributed by atoms with E-state index in [0.29, 0.717) is 11.0 Å². The van der Waals surface area contributed by atoms with Gasteiger partial charge in [0, 0.05) is 13.1 Å². The molecule has 3 nitrogen and oxygen atoms in total. The third-order valence-electron chi connectivity index (χ3n) is 4.37. The van der Waals surface area contributed by atoms with E-state index in [1.54, 1.807) is 12.1 Å². The number of hydrogen-bond acceptors (Lipinski definition) is 3. The van der Waals surface area contributed by atoms with Crippen molar-refractivity contribution >= 4 is 0 Å². The molecular formula is C18H26N2O. The van der Waals surface area contributed by atoms with Crippen LogP contribution in [0.3, 0.4) is 0 Å². The van der Waals surface area contributed by atoms with E-state index in [2.05, 4.69) is 31.7 Å². The van der Waals surface area contributed by atoms with Crippen LogP contribution in [0.4, 0.5) is 0 Å². The van der Waals surface area contributed by atoms with Crippen molar-refractivity contribution in [3.05, 3.63) is 29.8 Å². The summed E-state index contributed by atoms with van der Waals surface area (Å²) in [7, 11) is 0. The van der Waals surface area contributed by atoms with Gasteiger partial charge in [0.2, 0.25) is 0 Å². The van der Waals surface area contributed by atoms with Crippen LogP contribution < -0.4 is 4.74 Å². The van der Waals surface area contributed by atoms with Crippen molar-refractivity contribution in [2.75, 3.05) is 26.2 Å². The smallest absolute Gasteiger partial charge is 0.119 e. The highest BCUT2D eigenvalue weighted by atomic mass is 16.5. The summed E-state index contributed by atoms with van der Waals surface area (Å²) in [4.78, 5) is 2.55. The lowest BCUT2D eigenvalue weighted by molar-refractivity contribution is 0.218. The summed E-state index contributed by atoms with van der Waals surface area (Å²) < 4.78 is 5.72. The van der Waals surface area contributed by atoms with E-state index >= 15 is 0 Å². The molecule has 21 heavy (non-hydrogen) atoms. The molecule has 1 aliphatic heterocycles. The van der Waals surface area contributed by atoms with Gasteiger partial charge in [-0.05, 0) is 55.0 Å². The van der Waals surface area contributed by atoms with Crippen LogP contribution in [0.1, 0.15) is 39.2 Å². The predicted octanol–water partition coefficient (Wildman–Crippen LogP) is 3.70. The van der Waals surface area contributed by atoms with E-state index in [1.165, 1.54) is 19.5 Å². The minimum Gasteiger partial charge on any atom is -0.494 e. The van der Waals surface area contributed by atoms with Gasteiger partial charge in [0.25, 0.3) is 0 Å². The summed E-state index contributed by atoms with van der Waals surface area (Å²) in [5.74, 6) is 1.67. The average molecular weight is 286 g/mol. The molecule has 1 heterocycles. The monoisotopic (exact) mass is 286 g/mol. The van der Waals surface area contributed by atoms with Gasteiger partial charge in [-0.2, -0.15) is 5.26 Å². The summed E-state index contributed by atoms with van der Waals surface area (Å²) in [6.45, 7) is 11.3. The minimum atomic E-state index is 0.424. The fraction of sp³-hybridized carbons (Fsp3) is 0.611. The Bertz CT molecular complexity index is 481. The highest BCUT2D eigenvalue weighted by molar-refractivity contribution is 5.34. The second kappa shape index (κ2) is 6.95. The summed E-state index contributed by atoms with van der Waals surface area (Å²) >= 11 is 0. The van der Waals surface area contributed by atoms with E-state index in [9.17, 15) is 0 Å². The Labute approximate surface area is 128 Å². The molecule has 0 saturated carbocycles. The molecule has 114 valence electrons. The van der Waals surface area contributed by atoms with Gasteiger partial charge in [0.15, 0.2) is 0 Å². The maximum Gasteiger partial charge on any atom is 0.119 e. The quantitative estimate of drug-likeness (QED) is 0.774. The molecule has 0 N–H and O–H groups in total. The largest absolute Gasteiger partial charge is 0.494 e. The van der Waals surface area contributed by atoms with Gasteiger partial charge in [-0.1, -0.05) is 20.8 Å². The van der Waals surface area contributed by atoms with Gasteiger partial charge in [0.1, 0.15) is 5.75 Å². The van der Waals surface area contributed by atoms with Gasteiger partial charge in [-0.15, -0.1) is 0 Å². The normalized spacial score (nSPS) is 19.4. The van der Waals surface area contributed by atoms with Gasteiger partial charge in [-0.25, -0.2) is 0 Å². The van der Waals surface area contributed by atoms with E-state index in [0.717, 1.165) is 31.2 Å². The number of ether oxygens (including phenoxy) is 1. The lowest BCUT2D eigenvalue weighted by Crippen LogP contribution is -2.27. The van der Waals surface area contributed by atoms with Crippen molar-refractivity contribution in [2.24, 2.45) is 11.3 Å². The first-order valence-corrected chi connectivity index (χ1v) is 7.84. The zero-order chi connectivity index (χ0) is 15.3. The van der Waals surface area contributed by atoms with E-state index < -0.39 is 0 Å². The second-order valence-corrected chi connectivity index (χ2v) is 6.99. The van der Waals surface area contributed by atoms with Crippen LogP contribution in [0.2, 0.25) is 0 Å². The summed E-state index contributed by atoms with van der Waals surface area (Å²) in [6, 6.07) is 9.43. The van der Waals surface area contributed by atoms with Crippen LogP contribution in [0.5, 0.6) is 5.75 Å². The first kappa shape index (κ1) is 15.9. The lowest BCUT2D eigenvalue weighted by Gasteiger charge is -2.27. The van der Waals surface area contributed by atoms with Crippen LogP contribution >= 0.6 is 0 Å². The molecule has 1 aromatic rings. The van der Waals surface area contributed by atoms with Crippen LogP contribution in [-0.2, 0) is 0 Å². The Morgan fingerprint density at radius 2 is 2.00 bits per heavy atom. The van der Waals surface area contributed by atoms with Crippen molar-refractivity contribution in [2.45, 2.75) is 33.6 Å². The molecule has 2 rings (SSSR count). The molecule has 0 amide bonds. The minimum absolute atomic E-state index is 0.424. The van der Waals surface area contributed by atoms with Crippen molar-refractivity contribution < 1.29 is 4.74 Å². The molecule has 1 aliphatic rings. The molecule has 1 fully saturated rings. The zero-order valence-corrected chi connectivity index (χ0v) is 13.4. The summed E-state index contributed by atoms with van der Waals surface area (Å²) in [5, 5.41) is 8.75. The Hall–Kier alpha value is -1.53. The van der Waals surface area contributed by atoms with Crippen LogP contribution in [0.15, 0.2) is 24.3 Å². The Morgan fingerprint density at radius 1 is 1.29 bits per heavy atom. The van der Waals surface area contributed by atoms with Crippen LogP contribution in [0, 0.1) is 22.7 Å². The van der Waals surface area contributed by atoms with Crippen molar-refractivity contribution in [1.82, 2.24) is 4.90 Å². The molecule has 0 bridgehead atoms. The molecule has 1 aromatic carbocycles. The number of rotatable bonds is 5.